The van der Waals surface area contributed by atoms with Crippen LogP contribution in [0.4, 0.5) is 0 Å². The van der Waals surface area contributed by atoms with E-state index in [1.165, 1.54) is 6.21 Å². The van der Waals surface area contributed by atoms with Gasteiger partial charge in [-0.05, 0) is 48.9 Å². The van der Waals surface area contributed by atoms with Crippen molar-refractivity contribution < 1.29 is 14.3 Å². The molecule has 0 fully saturated rings. The number of nitrogens with one attached hydrogen (secondary N) is 1. The molecule has 3 rings (SSSR count). The first-order valence-electron chi connectivity index (χ1n) is 8.39. The highest BCUT2D eigenvalue weighted by Crippen LogP contribution is 2.14. The monoisotopic (exact) mass is 358 g/mol. The standard InChI is InChI=1S/C22H18N2O3/c1-16-10-12-18(13-11-16)21(25)24-23-15-17-6-5-9-20(14-17)27-22(26)19-7-3-2-4-8-19/h2-15H,1H3,(H,24,25). The molecule has 0 spiro atoms. The average molecular weight is 358 g/mol. The fraction of sp³-hybridized carbons (Fsp3) is 0.0455. The van der Waals surface area contributed by atoms with Crippen LogP contribution in [0, 0.1) is 6.92 Å². The van der Waals surface area contributed by atoms with Gasteiger partial charge < -0.3 is 4.74 Å². The largest absolute Gasteiger partial charge is 0.423 e. The molecule has 0 saturated heterocycles. The first-order valence-corrected chi connectivity index (χ1v) is 8.39. The van der Waals surface area contributed by atoms with E-state index in [9.17, 15) is 9.59 Å². The molecule has 0 heterocycles. The summed E-state index contributed by atoms with van der Waals surface area (Å²) in [7, 11) is 0. The van der Waals surface area contributed by atoms with E-state index in [1.807, 2.05) is 25.1 Å². The van der Waals surface area contributed by atoms with E-state index in [1.54, 1.807) is 60.7 Å². The number of carbonyl (C=O) groups is 2. The van der Waals surface area contributed by atoms with E-state index in [4.69, 9.17) is 4.74 Å². The number of aryl methyl sites for hydroxylation is 1. The van der Waals surface area contributed by atoms with Crippen LogP contribution in [0.25, 0.3) is 0 Å². The second-order valence-corrected chi connectivity index (χ2v) is 5.89. The molecule has 1 amide bonds. The zero-order valence-corrected chi connectivity index (χ0v) is 14.8. The number of esters is 1. The fourth-order valence-electron chi connectivity index (χ4n) is 2.33. The minimum absolute atomic E-state index is 0.294. The smallest absolute Gasteiger partial charge is 0.343 e. The molecule has 0 radical (unpaired) electrons. The van der Waals surface area contributed by atoms with Crippen molar-refractivity contribution in [3.63, 3.8) is 0 Å². The predicted octanol–water partition coefficient (Wildman–Crippen LogP) is 3.98. The Labute approximate surface area is 157 Å². The van der Waals surface area contributed by atoms with E-state index >= 15 is 0 Å². The van der Waals surface area contributed by atoms with Crippen molar-refractivity contribution in [3.8, 4) is 5.75 Å². The van der Waals surface area contributed by atoms with Gasteiger partial charge in [-0.15, -0.1) is 0 Å². The summed E-state index contributed by atoms with van der Waals surface area (Å²) in [6, 6.07) is 22.9. The van der Waals surface area contributed by atoms with Gasteiger partial charge in [0.15, 0.2) is 0 Å². The molecule has 3 aromatic carbocycles. The molecule has 0 saturated carbocycles. The first-order chi connectivity index (χ1) is 13.1. The number of hydrogen-bond donors (Lipinski definition) is 1. The Balaban J connectivity index is 1.61. The number of nitrogens with zero attached hydrogens (tertiary/aromatic N) is 1. The van der Waals surface area contributed by atoms with Gasteiger partial charge in [0, 0.05) is 5.56 Å². The topological polar surface area (TPSA) is 67.8 Å². The lowest BCUT2D eigenvalue weighted by molar-refractivity contribution is 0.0734. The van der Waals surface area contributed by atoms with Crippen LogP contribution in [0.1, 0.15) is 31.8 Å². The van der Waals surface area contributed by atoms with Crippen molar-refractivity contribution in [2.75, 3.05) is 0 Å². The van der Waals surface area contributed by atoms with Crippen LogP contribution in [-0.2, 0) is 0 Å². The second kappa shape index (κ2) is 8.58. The number of carbonyl (C=O) groups excluding carboxylic acids is 2. The molecule has 1 N–H and O–H groups in total. The molecule has 5 heteroatoms. The fourth-order valence-corrected chi connectivity index (χ4v) is 2.33. The molecule has 0 bridgehead atoms. The predicted molar refractivity (Wildman–Crippen MR) is 104 cm³/mol. The molecular weight excluding hydrogens is 340 g/mol. The van der Waals surface area contributed by atoms with Gasteiger partial charge in [0.25, 0.3) is 5.91 Å². The SMILES string of the molecule is Cc1ccc(C(=O)NN=Cc2cccc(OC(=O)c3ccccc3)c2)cc1. The minimum atomic E-state index is -0.433. The number of hydrazone groups is 1. The van der Waals surface area contributed by atoms with Crippen LogP contribution in [-0.4, -0.2) is 18.1 Å². The third-order valence-electron chi connectivity index (χ3n) is 3.77. The molecule has 0 atom stereocenters. The van der Waals surface area contributed by atoms with Crippen molar-refractivity contribution in [2.24, 2.45) is 5.10 Å². The van der Waals surface area contributed by atoms with Gasteiger partial charge in [0.05, 0.1) is 11.8 Å². The van der Waals surface area contributed by atoms with E-state index in [0.717, 1.165) is 5.56 Å². The van der Waals surface area contributed by atoms with E-state index in [-0.39, 0.29) is 5.91 Å². The van der Waals surface area contributed by atoms with Crippen LogP contribution in [0.5, 0.6) is 5.75 Å². The molecule has 0 aliphatic rings. The van der Waals surface area contributed by atoms with Gasteiger partial charge >= 0.3 is 5.97 Å². The molecule has 27 heavy (non-hydrogen) atoms. The number of amides is 1. The van der Waals surface area contributed by atoms with Gasteiger partial charge in [-0.3, -0.25) is 4.79 Å². The molecule has 0 aliphatic carbocycles. The third-order valence-corrected chi connectivity index (χ3v) is 3.77. The highest BCUT2D eigenvalue weighted by atomic mass is 16.5. The summed E-state index contributed by atoms with van der Waals surface area (Å²) in [5.41, 5.74) is 5.25. The summed E-state index contributed by atoms with van der Waals surface area (Å²) in [4.78, 5) is 24.1. The van der Waals surface area contributed by atoms with E-state index in [0.29, 0.717) is 22.4 Å². The van der Waals surface area contributed by atoms with Gasteiger partial charge in [-0.2, -0.15) is 5.10 Å². The maximum atomic E-state index is 12.1. The van der Waals surface area contributed by atoms with Crippen molar-refractivity contribution in [3.05, 3.63) is 101 Å². The Bertz CT molecular complexity index is 964. The van der Waals surface area contributed by atoms with Crippen LogP contribution < -0.4 is 10.2 Å². The molecular formula is C22H18N2O3. The zero-order chi connectivity index (χ0) is 19.1. The second-order valence-electron chi connectivity index (χ2n) is 5.89. The summed E-state index contributed by atoms with van der Waals surface area (Å²) < 4.78 is 5.36. The Morgan fingerprint density at radius 2 is 1.63 bits per heavy atom. The highest BCUT2D eigenvalue weighted by molar-refractivity contribution is 5.95. The molecule has 3 aromatic rings. The first kappa shape index (κ1) is 18.1. The van der Waals surface area contributed by atoms with Gasteiger partial charge in [0.1, 0.15) is 5.75 Å². The van der Waals surface area contributed by atoms with Crippen molar-refractivity contribution in [1.82, 2.24) is 5.43 Å². The normalized spacial score (nSPS) is 10.6. The lowest BCUT2D eigenvalue weighted by Gasteiger charge is -2.05. The van der Waals surface area contributed by atoms with E-state index < -0.39 is 5.97 Å². The zero-order valence-electron chi connectivity index (χ0n) is 14.8. The lowest BCUT2D eigenvalue weighted by atomic mass is 10.1. The third kappa shape index (κ3) is 5.12. The van der Waals surface area contributed by atoms with Crippen molar-refractivity contribution >= 4 is 18.1 Å². The summed E-state index contributed by atoms with van der Waals surface area (Å²) in [6.45, 7) is 1.96. The summed E-state index contributed by atoms with van der Waals surface area (Å²) in [5.74, 6) is -0.326. The van der Waals surface area contributed by atoms with Gasteiger partial charge in [-0.1, -0.05) is 48.0 Å². The number of rotatable bonds is 5. The lowest BCUT2D eigenvalue weighted by Crippen LogP contribution is -2.17. The number of ether oxygens (including phenoxy) is 1. The molecule has 0 aliphatic heterocycles. The summed E-state index contributed by atoms with van der Waals surface area (Å²) in [5, 5.41) is 3.95. The summed E-state index contributed by atoms with van der Waals surface area (Å²) >= 11 is 0. The highest BCUT2D eigenvalue weighted by Gasteiger charge is 2.08. The molecule has 0 unspecified atom stereocenters. The Morgan fingerprint density at radius 3 is 2.37 bits per heavy atom. The summed E-state index contributed by atoms with van der Waals surface area (Å²) in [6.07, 6.45) is 1.49. The number of benzene rings is 3. The van der Waals surface area contributed by atoms with Crippen LogP contribution in [0.2, 0.25) is 0 Å². The quantitative estimate of drug-likeness (QED) is 0.325. The van der Waals surface area contributed by atoms with Crippen LogP contribution >= 0.6 is 0 Å². The number of hydrogen-bond acceptors (Lipinski definition) is 4. The van der Waals surface area contributed by atoms with Crippen molar-refractivity contribution in [1.29, 1.82) is 0 Å². The van der Waals surface area contributed by atoms with Gasteiger partial charge in [0.2, 0.25) is 0 Å². The molecule has 0 aromatic heterocycles. The minimum Gasteiger partial charge on any atom is -0.423 e. The Morgan fingerprint density at radius 1 is 0.889 bits per heavy atom. The molecule has 134 valence electrons. The average Bonchev–Trinajstić information content (AvgIpc) is 2.69. The molecule has 5 nitrogen and oxygen atoms in total. The Kier molecular flexibility index (Phi) is 5.74. The maximum absolute atomic E-state index is 12.1. The van der Waals surface area contributed by atoms with E-state index in [2.05, 4.69) is 10.5 Å². The van der Waals surface area contributed by atoms with Crippen LogP contribution in [0.3, 0.4) is 0 Å². The van der Waals surface area contributed by atoms with Crippen LogP contribution in [0.15, 0.2) is 84.0 Å². The van der Waals surface area contributed by atoms with Crippen molar-refractivity contribution in [2.45, 2.75) is 6.92 Å². The Hall–Kier alpha value is -3.73. The maximum Gasteiger partial charge on any atom is 0.343 e. The van der Waals surface area contributed by atoms with Gasteiger partial charge in [-0.25, -0.2) is 10.2 Å².